The largest absolute Gasteiger partial charge is 0.491 e. The number of rotatable bonds is 7. The number of amides is 1. The van der Waals surface area contributed by atoms with Crippen molar-refractivity contribution in [2.24, 2.45) is 0 Å². The first-order valence-corrected chi connectivity index (χ1v) is 9.43. The topological polar surface area (TPSA) is 47.6 Å². The highest BCUT2D eigenvalue weighted by Gasteiger charge is 2.18. The third-order valence-electron chi connectivity index (χ3n) is 4.37. The zero-order valence-electron chi connectivity index (χ0n) is 17.2. The van der Waals surface area contributed by atoms with Gasteiger partial charge in [0.2, 0.25) is 0 Å². The lowest BCUT2D eigenvalue weighted by molar-refractivity contribution is -0.128. The van der Waals surface area contributed by atoms with E-state index in [0.717, 1.165) is 11.3 Å². The van der Waals surface area contributed by atoms with Crippen LogP contribution >= 0.6 is 0 Å². The maximum absolute atomic E-state index is 12.4. The van der Waals surface area contributed by atoms with Crippen LogP contribution in [-0.4, -0.2) is 24.7 Å². The molecule has 0 unspecified atom stereocenters. The Morgan fingerprint density at radius 2 is 1.67 bits per heavy atom. The molecule has 2 rings (SSSR count). The van der Waals surface area contributed by atoms with Gasteiger partial charge in [-0.1, -0.05) is 51.1 Å². The molecule has 0 spiro atoms. The Kier molecular flexibility index (Phi) is 6.89. The van der Waals surface area contributed by atoms with Gasteiger partial charge in [-0.25, -0.2) is 0 Å². The molecule has 4 nitrogen and oxygen atoms in total. The van der Waals surface area contributed by atoms with Crippen LogP contribution in [0, 0.1) is 6.92 Å². The Morgan fingerprint density at radius 3 is 2.26 bits per heavy atom. The fraction of sp³-hybridized carbons (Fsp3) is 0.435. The van der Waals surface area contributed by atoms with E-state index < -0.39 is 6.10 Å². The smallest absolute Gasteiger partial charge is 0.261 e. The van der Waals surface area contributed by atoms with E-state index in [0.29, 0.717) is 12.4 Å². The lowest BCUT2D eigenvalue weighted by Gasteiger charge is -2.21. The normalized spacial score (nSPS) is 13.6. The van der Waals surface area contributed by atoms with Crippen LogP contribution in [0.1, 0.15) is 45.7 Å². The monoisotopic (exact) mass is 369 g/mol. The first-order chi connectivity index (χ1) is 12.7. The van der Waals surface area contributed by atoms with Gasteiger partial charge in [0, 0.05) is 0 Å². The number of hydrogen-bond donors (Lipinski definition) is 1. The first-order valence-electron chi connectivity index (χ1n) is 9.43. The number of para-hydroxylation sites is 1. The van der Waals surface area contributed by atoms with Gasteiger partial charge in [-0.3, -0.25) is 4.79 Å². The van der Waals surface area contributed by atoms with Crippen molar-refractivity contribution in [2.45, 2.75) is 59.1 Å². The van der Waals surface area contributed by atoms with Crippen molar-refractivity contribution in [1.82, 2.24) is 5.32 Å². The molecule has 27 heavy (non-hydrogen) atoms. The molecule has 2 aromatic carbocycles. The highest BCUT2D eigenvalue weighted by molar-refractivity contribution is 5.81. The second kappa shape index (κ2) is 8.94. The van der Waals surface area contributed by atoms with Crippen LogP contribution < -0.4 is 14.8 Å². The zero-order valence-corrected chi connectivity index (χ0v) is 17.2. The summed E-state index contributed by atoms with van der Waals surface area (Å²) in [5.74, 6) is 1.37. The van der Waals surface area contributed by atoms with Crippen LogP contribution in [-0.2, 0) is 10.2 Å². The van der Waals surface area contributed by atoms with Crippen LogP contribution in [0.2, 0.25) is 0 Å². The first kappa shape index (κ1) is 20.8. The molecule has 2 aromatic rings. The number of carbonyl (C=O) groups is 1. The summed E-state index contributed by atoms with van der Waals surface area (Å²) in [4.78, 5) is 12.4. The number of carbonyl (C=O) groups excluding carboxylic acids is 1. The van der Waals surface area contributed by atoms with E-state index in [1.54, 1.807) is 6.92 Å². The quantitative estimate of drug-likeness (QED) is 0.773. The molecule has 0 bridgehead atoms. The molecule has 0 radical (unpaired) electrons. The van der Waals surface area contributed by atoms with Crippen LogP contribution in [0.4, 0.5) is 0 Å². The van der Waals surface area contributed by atoms with E-state index in [4.69, 9.17) is 9.47 Å². The Balaban J connectivity index is 1.83. The molecule has 0 aliphatic carbocycles. The zero-order chi connectivity index (χ0) is 20.0. The Labute approximate surface area is 162 Å². The summed E-state index contributed by atoms with van der Waals surface area (Å²) in [6, 6.07) is 15.6. The molecule has 0 saturated heterocycles. The maximum Gasteiger partial charge on any atom is 0.261 e. The number of benzene rings is 2. The van der Waals surface area contributed by atoms with Crippen LogP contribution in [0.15, 0.2) is 48.5 Å². The van der Waals surface area contributed by atoms with E-state index in [1.165, 1.54) is 5.56 Å². The summed E-state index contributed by atoms with van der Waals surface area (Å²) in [5.41, 5.74) is 2.40. The Hall–Kier alpha value is -2.49. The van der Waals surface area contributed by atoms with E-state index in [2.05, 4.69) is 26.1 Å². The molecule has 4 heteroatoms. The van der Waals surface area contributed by atoms with Gasteiger partial charge in [0.05, 0.1) is 6.04 Å². The van der Waals surface area contributed by atoms with E-state index in [1.807, 2.05) is 62.4 Å². The molecule has 1 N–H and O–H groups in total. The molecular weight excluding hydrogens is 338 g/mol. The van der Waals surface area contributed by atoms with Gasteiger partial charge < -0.3 is 14.8 Å². The minimum absolute atomic E-state index is 0.0913. The number of ether oxygens (including phenoxy) is 2. The number of nitrogens with one attached hydrogen (secondary N) is 1. The Bertz CT molecular complexity index is 747. The lowest BCUT2D eigenvalue weighted by Crippen LogP contribution is -2.43. The molecule has 0 fully saturated rings. The second-order valence-corrected chi connectivity index (χ2v) is 8.02. The van der Waals surface area contributed by atoms with Crippen molar-refractivity contribution in [2.75, 3.05) is 6.61 Å². The summed E-state index contributed by atoms with van der Waals surface area (Å²) >= 11 is 0. The van der Waals surface area contributed by atoms with E-state index in [9.17, 15) is 4.79 Å². The fourth-order valence-corrected chi connectivity index (χ4v) is 2.63. The third-order valence-corrected chi connectivity index (χ3v) is 4.37. The van der Waals surface area contributed by atoms with Crippen LogP contribution in [0.5, 0.6) is 11.5 Å². The molecule has 0 heterocycles. The van der Waals surface area contributed by atoms with Crippen LogP contribution in [0.3, 0.4) is 0 Å². The fourth-order valence-electron chi connectivity index (χ4n) is 2.63. The second-order valence-electron chi connectivity index (χ2n) is 8.02. The van der Waals surface area contributed by atoms with E-state index >= 15 is 0 Å². The van der Waals surface area contributed by atoms with Gasteiger partial charge in [-0.15, -0.1) is 0 Å². The lowest BCUT2D eigenvalue weighted by atomic mass is 9.87. The summed E-state index contributed by atoms with van der Waals surface area (Å²) < 4.78 is 11.6. The van der Waals surface area contributed by atoms with Crippen molar-refractivity contribution in [3.05, 3.63) is 59.7 Å². The van der Waals surface area contributed by atoms with E-state index in [-0.39, 0.29) is 17.4 Å². The number of hydrogen-bond acceptors (Lipinski definition) is 3. The third kappa shape index (κ3) is 6.31. The maximum atomic E-state index is 12.4. The molecule has 0 saturated carbocycles. The van der Waals surface area contributed by atoms with Crippen LogP contribution in [0.25, 0.3) is 0 Å². The van der Waals surface area contributed by atoms with Gasteiger partial charge >= 0.3 is 0 Å². The molecule has 0 aliphatic rings. The minimum Gasteiger partial charge on any atom is -0.491 e. The summed E-state index contributed by atoms with van der Waals surface area (Å²) in [6.45, 7) is 12.6. The van der Waals surface area contributed by atoms with Crippen molar-refractivity contribution in [1.29, 1.82) is 0 Å². The summed E-state index contributed by atoms with van der Waals surface area (Å²) in [6.07, 6.45) is -0.577. The van der Waals surface area contributed by atoms with Crippen molar-refractivity contribution >= 4 is 5.91 Å². The van der Waals surface area contributed by atoms with Crippen molar-refractivity contribution < 1.29 is 14.3 Å². The van der Waals surface area contributed by atoms with Crippen molar-refractivity contribution in [3.63, 3.8) is 0 Å². The predicted molar refractivity (Wildman–Crippen MR) is 110 cm³/mol. The SMILES string of the molecule is Cc1ccccc1OC[C@H](C)NC(=O)[C@@H](C)Oc1ccc(C(C)(C)C)cc1. The minimum atomic E-state index is -0.577. The Morgan fingerprint density at radius 1 is 1.04 bits per heavy atom. The molecule has 2 atom stereocenters. The summed E-state index contributed by atoms with van der Waals surface area (Å²) in [5, 5.41) is 2.94. The average molecular weight is 370 g/mol. The van der Waals surface area contributed by atoms with Gasteiger partial charge in [-0.2, -0.15) is 0 Å². The highest BCUT2D eigenvalue weighted by atomic mass is 16.5. The molecular formula is C23H31NO3. The molecule has 146 valence electrons. The van der Waals surface area contributed by atoms with Gasteiger partial charge in [0.15, 0.2) is 6.10 Å². The van der Waals surface area contributed by atoms with Gasteiger partial charge in [-0.05, 0) is 55.5 Å². The number of aryl methyl sites for hydroxylation is 1. The van der Waals surface area contributed by atoms with Crippen molar-refractivity contribution in [3.8, 4) is 11.5 Å². The molecule has 1 amide bonds. The van der Waals surface area contributed by atoms with Gasteiger partial charge in [0.1, 0.15) is 18.1 Å². The predicted octanol–water partition coefficient (Wildman–Crippen LogP) is 4.64. The highest BCUT2D eigenvalue weighted by Crippen LogP contribution is 2.24. The van der Waals surface area contributed by atoms with Gasteiger partial charge in [0.25, 0.3) is 5.91 Å². The summed E-state index contributed by atoms with van der Waals surface area (Å²) in [7, 11) is 0. The standard InChI is InChI=1S/C23H31NO3/c1-16-9-7-8-10-21(16)26-15-17(2)24-22(25)18(3)27-20-13-11-19(12-14-20)23(4,5)6/h7-14,17-18H,15H2,1-6H3,(H,24,25)/t17-,18+/m0/s1. The molecule has 0 aliphatic heterocycles. The molecule has 0 aromatic heterocycles. The average Bonchev–Trinajstić information content (AvgIpc) is 2.60.